The number of thioether (sulfide) groups is 1. The van der Waals surface area contributed by atoms with Gasteiger partial charge in [0, 0.05) is 29.9 Å². The first kappa shape index (κ1) is 32.2. The van der Waals surface area contributed by atoms with E-state index >= 15 is 0 Å². The lowest BCUT2D eigenvalue weighted by Crippen LogP contribution is -2.42. The van der Waals surface area contributed by atoms with Gasteiger partial charge in [-0.15, -0.1) is 11.8 Å². The fourth-order valence-electron chi connectivity index (χ4n) is 4.03. The predicted octanol–water partition coefficient (Wildman–Crippen LogP) is 5.36. The largest absolute Gasteiger partial charge is 0.469 e. The summed E-state index contributed by atoms with van der Waals surface area (Å²) in [7, 11) is 3.06. The number of nitrogens with zero attached hydrogens (tertiary/aromatic N) is 2. The molecule has 222 valence electrons. The van der Waals surface area contributed by atoms with Crippen LogP contribution in [0.15, 0.2) is 83.8 Å². The molecule has 3 aromatic carbocycles. The molecule has 10 heteroatoms. The average molecular weight is 591 g/mol. The van der Waals surface area contributed by atoms with Crippen LogP contribution in [0.1, 0.15) is 25.8 Å². The highest BCUT2D eigenvalue weighted by Crippen LogP contribution is 2.31. The van der Waals surface area contributed by atoms with Crippen LogP contribution in [0.4, 0.5) is 21.9 Å². The summed E-state index contributed by atoms with van der Waals surface area (Å²) in [4.78, 5) is 54.7. The molecule has 0 aliphatic heterocycles. The first-order chi connectivity index (χ1) is 20.2. The highest BCUT2D eigenvalue weighted by atomic mass is 32.2. The summed E-state index contributed by atoms with van der Waals surface area (Å²) < 4.78 is 4.70. The third-order valence-electron chi connectivity index (χ3n) is 6.42. The van der Waals surface area contributed by atoms with Gasteiger partial charge in [0.15, 0.2) is 0 Å². The Kier molecular flexibility index (Phi) is 12.4. The van der Waals surface area contributed by atoms with Gasteiger partial charge < -0.3 is 25.2 Å². The van der Waals surface area contributed by atoms with Crippen molar-refractivity contribution in [3.8, 4) is 0 Å². The van der Waals surface area contributed by atoms with E-state index in [1.54, 1.807) is 41.1 Å². The molecule has 0 saturated carbocycles. The van der Waals surface area contributed by atoms with Gasteiger partial charge >= 0.3 is 12.0 Å². The monoisotopic (exact) mass is 590 g/mol. The lowest BCUT2D eigenvalue weighted by Gasteiger charge is -2.26. The van der Waals surface area contributed by atoms with E-state index in [9.17, 15) is 19.2 Å². The van der Waals surface area contributed by atoms with E-state index in [0.717, 1.165) is 17.0 Å². The van der Waals surface area contributed by atoms with Crippen LogP contribution in [0.3, 0.4) is 0 Å². The Labute approximate surface area is 251 Å². The number of hydrogen-bond acceptors (Lipinski definition) is 6. The van der Waals surface area contributed by atoms with Gasteiger partial charge in [0.2, 0.25) is 11.8 Å². The van der Waals surface area contributed by atoms with Gasteiger partial charge in [-0.05, 0) is 54.3 Å². The molecule has 0 unspecified atom stereocenters. The van der Waals surface area contributed by atoms with Crippen molar-refractivity contribution in [2.75, 3.05) is 48.1 Å². The molecular weight excluding hydrogens is 552 g/mol. The first-order valence-electron chi connectivity index (χ1n) is 13.7. The predicted molar refractivity (Wildman–Crippen MR) is 168 cm³/mol. The fourth-order valence-corrected chi connectivity index (χ4v) is 5.00. The molecule has 0 aliphatic rings. The maximum absolute atomic E-state index is 13.5. The minimum Gasteiger partial charge on any atom is -0.469 e. The third kappa shape index (κ3) is 9.95. The van der Waals surface area contributed by atoms with Crippen LogP contribution in [0.25, 0.3) is 0 Å². The summed E-state index contributed by atoms with van der Waals surface area (Å²) in [6.45, 7) is 4.41. The summed E-state index contributed by atoms with van der Waals surface area (Å²) in [6.07, 6.45) is 0.849. The van der Waals surface area contributed by atoms with Crippen molar-refractivity contribution in [3.63, 3.8) is 0 Å². The second-order valence-electron chi connectivity index (χ2n) is 10.0. The van der Waals surface area contributed by atoms with Gasteiger partial charge in [-0.25, -0.2) is 4.79 Å². The number of carbonyl (C=O) groups is 4. The van der Waals surface area contributed by atoms with Gasteiger partial charge in [-0.1, -0.05) is 56.3 Å². The number of ether oxygens (including phenoxy) is 1. The van der Waals surface area contributed by atoms with Crippen molar-refractivity contribution in [2.45, 2.75) is 31.6 Å². The Morgan fingerprint density at radius 1 is 0.905 bits per heavy atom. The SMILES string of the molecule is COC(=O)Cc1cccc(NC(=O)NCC(=O)N(CCC(C)C)c2ccccc2SCC(=O)N(C)c2ccccc2)c1. The van der Waals surface area contributed by atoms with E-state index in [2.05, 4.69) is 24.5 Å². The molecule has 0 atom stereocenters. The molecule has 2 N–H and O–H groups in total. The quantitative estimate of drug-likeness (QED) is 0.205. The molecule has 0 aliphatic carbocycles. The Bertz CT molecular complexity index is 1370. The minimum atomic E-state index is -0.542. The summed E-state index contributed by atoms with van der Waals surface area (Å²) in [5, 5.41) is 5.35. The zero-order chi connectivity index (χ0) is 30.5. The number of amides is 4. The lowest BCUT2D eigenvalue weighted by atomic mass is 10.1. The number of nitrogens with one attached hydrogen (secondary N) is 2. The topological polar surface area (TPSA) is 108 Å². The fraction of sp³-hybridized carbons (Fsp3) is 0.312. The van der Waals surface area contributed by atoms with Crippen molar-refractivity contribution in [3.05, 3.63) is 84.4 Å². The van der Waals surface area contributed by atoms with E-state index in [0.29, 0.717) is 29.4 Å². The van der Waals surface area contributed by atoms with Crippen LogP contribution in [0.2, 0.25) is 0 Å². The van der Waals surface area contributed by atoms with Crippen LogP contribution in [0.5, 0.6) is 0 Å². The Balaban J connectivity index is 1.67. The van der Waals surface area contributed by atoms with E-state index in [1.807, 2.05) is 54.6 Å². The highest BCUT2D eigenvalue weighted by molar-refractivity contribution is 8.00. The molecular formula is C32H38N4O5S. The zero-order valence-electron chi connectivity index (χ0n) is 24.5. The van der Waals surface area contributed by atoms with Crippen molar-refractivity contribution >= 4 is 52.6 Å². The van der Waals surface area contributed by atoms with Crippen LogP contribution in [-0.2, 0) is 25.5 Å². The van der Waals surface area contributed by atoms with Crippen molar-refractivity contribution in [1.29, 1.82) is 0 Å². The third-order valence-corrected chi connectivity index (χ3v) is 7.46. The van der Waals surface area contributed by atoms with Gasteiger partial charge in [-0.2, -0.15) is 0 Å². The van der Waals surface area contributed by atoms with E-state index < -0.39 is 6.03 Å². The number of benzene rings is 3. The maximum atomic E-state index is 13.5. The van der Waals surface area contributed by atoms with Crippen molar-refractivity contribution < 1.29 is 23.9 Å². The lowest BCUT2D eigenvalue weighted by molar-refractivity contribution is -0.139. The van der Waals surface area contributed by atoms with Crippen LogP contribution >= 0.6 is 11.8 Å². The summed E-state index contributed by atoms with van der Waals surface area (Å²) in [6, 6.07) is 23.2. The van der Waals surface area contributed by atoms with Gasteiger partial charge in [-0.3, -0.25) is 14.4 Å². The normalized spacial score (nSPS) is 10.6. The number of urea groups is 1. The molecule has 0 aromatic heterocycles. The molecule has 9 nitrogen and oxygen atoms in total. The number of methoxy groups -OCH3 is 1. The molecule has 0 radical (unpaired) electrons. The smallest absolute Gasteiger partial charge is 0.319 e. The highest BCUT2D eigenvalue weighted by Gasteiger charge is 2.21. The average Bonchev–Trinajstić information content (AvgIpc) is 2.99. The number of para-hydroxylation sites is 2. The molecule has 0 fully saturated rings. The van der Waals surface area contributed by atoms with Crippen molar-refractivity contribution in [1.82, 2.24) is 5.32 Å². The number of rotatable bonds is 13. The molecule has 42 heavy (non-hydrogen) atoms. The first-order valence-corrected chi connectivity index (χ1v) is 14.7. The van der Waals surface area contributed by atoms with E-state index in [1.165, 1.54) is 18.9 Å². The minimum absolute atomic E-state index is 0.0601. The Hall–Kier alpha value is -4.31. The molecule has 0 heterocycles. The van der Waals surface area contributed by atoms with Crippen LogP contribution < -0.4 is 20.4 Å². The molecule has 4 amide bonds. The summed E-state index contributed by atoms with van der Waals surface area (Å²) >= 11 is 1.37. The molecule has 0 spiro atoms. The molecule has 0 saturated heterocycles. The summed E-state index contributed by atoms with van der Waals surface area (Å²) in [5.74, 6) is -0.157. The van der Waals surface area contributed by atoms with Gasteiger partial charge in [0.1, 0.15) is 0 Å². The Morgan fingerprint density at radius 2 is 1.62 bits per heavy atom. The van der Waals surface area contributed by atoms with E-state index in [-0.39, 0.29) is 36.5 Å². The number of anilines is 3. The van der Waals surface area contributed by atoms with Crippen LogP contribution in [0, 0.1) is 5.92 Å². The summed E-state index contributed by atoms with van der Waals surface area (Å²) in [5.41, 5.74) is 2.69. The number of hydrogen-bond donors (Lipinski definition) is 2. The standard InChI is InChI=1S/C32H38N4O5S/c1-23(2)17-18-36(29(37)21-33-32(40)34-25-12-10-11-24(19-25)20-31(39)41-4)27-15-8-9-16-28(27)42-22-30(38)35(3)26-13-6-5-7-14-26/h5-16,19,23H,17-18,20-22H2,1-4H3,(H2,33,34,40). The Morgan fingerprint density at radius 3 is 2.33 bits per heavy atom. The molecule has 3 rings (SSSR count). The van der Waals surface area contributed by atoms with Gasteiger partial charge in [0.05, 0.1) is 31.5 Å². The van der Waals surface area contributed by atoms with Crippen LogP contribution in [-0.4, -0.2) is 56.8 Å². The zero-order valence-corrected chi connectivity index (χ0v) is 25.3. The second-order valence-corrected chi connectivity index (χ2v) is 11.1. The number of esters is 1. The second kappa shape index (κ2) is 16.2. The molecule has 0 bridgehead atoms. The van der Waals surface area contributed by atoms with Gasteiger partial charge in [0.25, 0.3) is 0 Å². The van der Waals surface area contributed by atoms with Crippen molar-refractivity contribution in [2.24, 2.45) is 5.92 Å². The maximum Gasteiger partial charge on any atom is 0.319 e. The van der Waals surface area contributed by atoms with E-state index in [4.69, 9.17) is 4.74 Å². The number of carbonyl (C=O) groups excluding carboxylic acids is 4. The molecule has 3 aromatic rings.